The second-order valence-electron chi connectivity index (χ2n) is 6.43. The Morgan fingerprint density at radius 2 is 1.24 bits per heavy atom. The molecule has 0 bridgehead atoms. The monoisotopic (exact) mass is 323 g/mol. The van der Waals surface area contributed by atoms with Gasteiger partial charge in [-0.2, -0.15) is 0 Å². The Kier molecular flexibility index (Phi) is 4.56. The van der Waals surface area contributed by atoms with Crippen LogP contribution < -0.4 is 0 Å². The zero-order chi connectivity index (χ0) is 16.9. The molecule has 0 unspecified atom stereocenters. The Hall–Kier alpha value is -2.93. The summed E-state index contributed by atoms with van der Waals surface area (Å²) in [5.74, 6) is 0. The third kappa shape index (κ3) is 3.77. The number of fused-ring (bicyclic) bond motifs is 1. The molecule has 0 saturated carbocycles. The molecule has 0 aliphatic rings. The van der Waals surface area contributed by atoms with Gasteiger partial charge >= 0.3 is 0 Å². The maximum atomic E-state index is 4.99. The smallest absolute Gasteiger partial charge is 0.0705 e. The number of hydrogen-bond acceptors (Lipinski definition) is 1. The molecule has 0 radical (unpaired) electrons. The number of nitrogens with zero attached hydrogens (tertiary/aromatic N) is 1. The molecule has 1 heterocycles. The van der Waals surface area contributed by atoms with Crippen LogP contribution in [0.15, 0.2) is 91.0 Å². The molecule has 25 heavy (non-hydrogen) atoms. The Bertz CT molecular complexity index is 959. The predicted molar refractivity (Wildman–Crippen MR) is 105 cm³/mol. The first-order valence-electron chi connectivity index (χ1n) is 8.84. The van der Waals surface area contributed by atoms with E-state index in [-0.39, 0.29) is 0 Å². The molecule has 4 rings (SSSR count). The van der Waals surface area contributed by atoms with Crippen molar-refractivity contribution >= 4 is 10.9 Å². The number of rotatable bonds is 5. The zero-order valence-electron chi connectivity index (χ0n) is 14.2. The van der Waals surface area contributed by atoms with Crippen LogP contribution in [0.1, 0.15) is 22.4 Å². The van der Waals surface area contributed by atoms with E-state index in [4.69, 9.17) is 4.98 Å². The largest absolute Gasteiger partial charge is 0.253 e. The second-order valence-corrected chi connectivity index (χ2v) is 6.43. The maximum Gasteiger partial charge on any atom is 0.0705 e. The fourth-order valence-corrected chi connectivity index (χ4v) is 3.29. The van der Waals surface area contributed by atoms with Gasteiger partial charge < -0.3 is 0 Å². The number of pyridine rings is 1. The molecule has 0 atom stereocenters. The van der Waals surface area contributed by atoms with E-state index >= 15 is 0 Å². The molecule has 0 aliphatic heterocycles. The van der Waals surface area contributed by atoms with Crippen molar-refractivity contribution in [2.75, 3.05) is 0 Å². The van der Waals surface area contributed by atoms with Crippen molar-refractivity contribution in [3.8, 4) is 0 Å². The van der Waals surface area contributed by atoms with Gasteiger partial charge in [0.1, 0.15) is 0 Å². The van der Waals surface area contributed by atoms with Crippen LogP contribution in [0.2, 0.25) is 0 Å². The fraction of sp³-hybridized carbons (Fsp3) is 0.125. The highest BCUT2D eigenvalue weighted by Gasteiger charge is 2.08. The van der Waals surface area contributed by atoms with Gasteiger partial charge in [0.25, 0.3) is 0 Å². The molecule has 1 nitrogen and oxygen atoms in total. The molecule has 3 aromatic carbocycles. The molecular weight excluding hydrogens is 302 g/mol. The average Bonchev–Trinajstić information content (AvgIpc) is 2.68. The predicted octanol–water partition coefficient (Wildman–Crippen LogP) is 5.61. The Morgan fingerprint density at radius 1 is 0.600 bits per heavy atom. The number of hydrogen-bond donors (Lipinski definition) is 0. The van der Waals surface area contributed by atoms with E-state index in [0.717, 1.165) is 24.8 Å². The highest BCUT2D eigenvalue weighted by atomic mass is 14.7. The quantitative estimate of drug-likeness (QED) is 0.465. The van der Waals surface area contributed by atoms with E-state index in [1.807, 2.05) is 0 Å². The van der Waals surface area contributed by atoms with Gasteiger partial charge in [-0.25, -0.2) is 0 Å². The molecule has 4 aromatic rings. The summed E-state index contributed by atoms with van der Waals surface area (Å²) in [5, 5.41) is 1.22. The highest BCUT2D eigenvalue weighted by molar-refractivity contribution is 5.79. The van der Waals surface area contributed by atoms with Crippen molar-refractivity contribution < 1.29 is 0 Å². The molecule has 1 heteroatoms. The lowest BCUT2D eigenvalue weighted by Crippen LogP contribution is -2.02. The van der Waals surface area contributed by atoms with Crippen molar-refractivity contribution in [3.05, 3.63) is 113 Å². The molecule has 0 amide bonds. The summed E-state index contributed by atoms with van der Waals surface area (Å²) >= 11 is 0. The molecule has 1 aromatic heterocycles. The van der Waals surface area contributed by atoms with Crippen molar-refractivity contribution in [3.63, 3.8) is 0 Å². The van der Waals surface area contributed by atoms with Crippen molar-refractivity contribution in [1.82, 2.24) is 4.98 Å². The highest BCUT2D eigenvalue weighted by Crippen LogP contribution is 2.21. The number of para-hydroxylation sites is 1. The first kappa shape index (κ1) is 15.6. The van der Waals surface area contributed by atoms with Gasteiger partial charge in [0.2, 0.25) is 0 Å². The standard InChI is InChI=1S/C24H21N/c1-3-9-19(10-4-1)15-16-24-22(17-20-11-5-2-6-12-20)18-21-13-7-8-14-23(21)25-24/h1-14,18H,15-17H2. The van der Waals surface area contributed by atoms with Gasteiger partial charge in [0.05, 0.1) is 5.52 Å². The van der Waals surface area contributed by atoms with Crippen LogP contribution in [-0.2, 0) is 19.3 Å². The molecule has 122 valence electrons. The molecule has 0 fully saturated rings. The topological polar surface area (TPSA) is 12.9 Å². The molecule has 0 saturated heterocycles. The number of aromatic nitrogens is 1. The Morgan fingerprint density at radius 3 is 2.00 bits per heavy atom. The van der Waals surface area contributed by atoms with Crippen molar-refractivity contribution in [1.29, 1.82) is 0 Å². The van der Waals surface area contributed by atoms with E-state index in [9.17, 15) is 0 Å². The van der Waals surface area contributed by atoms with Gasteiger partial charge in [0, 0.05) is 11.1 Å². The lowest BCUT2D eigenvalue weighted by molar-refractivity contribution is 0.898. The van der Waals surface area contributed by atoms with E-state index in [0.29, 0.717) is 0 Å². The number of benzene rings is 3. The summed E-state index contributed by atoms with van der Waals surface area (Å²) in [6.45, 7) is 0. The van der Waals surface area contributed by atoms with Gasteiger partial charge in [-0.15, -0.1) is 0 Å². The molecular formula is C24H21N. The molecule has 0 aliphatic carbocycles. The summed E-state index contributed by atoms with van der Waals surface area (Å²) in [5.41, 5.74) is 6.33. The first-order valence-corrected chi connectivity index (χ1v) is 8.84. The summed E-state index contributed by atoms with van der Waals surface area (Å²) in [6.07, 6.45) is 2.92. The minimum absolute atomic E-state index is 0.933. The van der Waals surface area contributed by atoms with Crippen molar-refractivity contribution in [2.24, 2.45) is 0 Å². The fourth-order valence-electron chi connectivity index (χ4n) is 3.29. The number of aryl methyl sites for hydroxylation is 2. The maximum absolute atomic E-state index is 4.99. The zero-order valence-corrected chi connectivity index (χ0v) is 14.2. The van der Waals surface area contributed by atoms with E-state index < -0.39 is 0 Å². The Balaban J connectivity index is 1.68. The van der Waals surface area contributed by atoms with E-state index in [2.05, 4.69) is 91.0 Å². The van der Waals surface area contributed by atoms with Crippen LogP contribution in [0.25, 0.3) is 10.9 Å². The lowest BCUT2D eigenvalue weighted by Gasteiger charge is -2.11. The third-order valence-corrected chi connectivity index (χ3v) is 4.62. The second kappa shape index (κ2) is 7.31. The lowest BCUT2D eigenvalue weighted by atomic mass is 9.98. The molecule has 0 N–H and O–H groups in total. The van der Waals surface area contributed by atoms with E-state index in [1.165, 1.54) is 27.8 Å². The average molecular weight is 323 g/mol. The summed E-state index contributed by atoms with van der Waals surface area (Å²) in [4.78, 5) is 4.99. The van der Waals surface area contributed by atoms with E-state index in [1.54, 1.807) is 0 Å². The van der Waals surface area contributed by atoms with Gasteiger partial charge in [-0.1, -0.05) is 78.9 Å². The van der Waals surface area contributed by atoms with Gasteiger partial charge in [-0.3, -0.25) is 4.98 Å². The normalized spacial score (nSPS) is 10.9. The van der Waals surface area contributed by atoms with Crippen LogP contribution >= 0.6 is 0 Å². The third-order valence-electron chi connectivity index (χ3n) is 4.62. The van der Waals surface area contributed by atoms with Gasteiger partial charge in [0.15, 0.2) is 0 Å². The first-order chi connectivity index (χ1) is 12.4. The molecule has 0 spiro atoms. The van der Waals surface area contributed by atoms with Crippen LogP contribution in [-0.4, -0.2) is 4.98 Å². The van der Waals surface area contributed by atoms with Crippen LogP contribution in [0.5, 0.6) is 0 Å². The summed E-state index contributed by atoms with van der Waals surface area (Å²) in [6, 6.07) is 32.0. The SMILES string of the molecule is c1ccc(CCc2nc3ccccc3cc2Cc2ccccc2)cc1. The van der Waals surface area contributed by atoms with Crippen LogP contribution in [0.3, 0.4) is 0 Å². The summed E-state index contributed by atoms with van der Waals surface area (Å²) < 4.78 is 0. The van der Waals surface area contributed by atoms with Crippen LogP contribution in [0, 0.1) is 0 Å². The van der Waals surface area contributed by atoms with Crippen LogP contribution in [0.4, 0.5) is 0 Å². The minimum atomic E-state index is 0.933. The van der Waals surface area contributed by atoms with Crippen molar-refractivity contribution in [2.45, 2.75) is 19.3 Å². The van der Waals surface area contributed by atoms with Gasteiger partial charge in [-0.05, 0) is 48.1 Å². The Labute approximate surface area is 149 Å². The summed E-state index contributed by atoms with van der Waals surface area (Å²) in [7, 11) is 0. The minimum Gasteiger partial charge on any atom is -0.253 e.